The summed E-state index contributed by atoms with van der Waals surface area (Å²) in [5, 5.41) is -0.453. The maximum Gasteiger partial charge on any atom is 0.144 e. The summed E-state index contributed by atoms with van der Waals surface area (Å²) in [6.45, 7) is 7.06. The zero-order chi connectivity index (χ0) is 7.83. The number of hydrogen-bond acceptors (Lipinski definition) is 1. The molecule has 2 heteroatoms. The Kier molecular flexibility index (Phi) is 1.99. The van der Waals surface area contributed by atoms with Gasteiger partial charge in [0.15, 0.2) is 0 Å². The Labute approximate surface area is 67.7 Å². The highest BCUT2D eigenvalue weighted by Crippen LogP contribution is 2.44. The molecule has 0 amide bonds. The summed E-state index contributed by atoms with van der Waals surface area (Å²) in [6, 6.07) is 0. The molecule has 1 nitrogen and oxygen atoms in total. The highest BCUT2D eigenvalue weighted by atomic mass is 35.5. The molecule has 0 saturated carbocycles. The van der Waals surface area contributed by atoms with Gasteiger partial charge in [-0.15, -0.1) is 0 Å². The Bertz CT molecular complexity index is 113. The maximum absolute atomic E-state index is 6.14. The molecule has 0 aromatic carbocycles. The standard InChI is InChI=1S/C8H15ClO/c1-7(2)5-4-6-10-8(7,3)9/h4-6H2,1-3H3. The molecule has 1 saturated heterocycles. The summed E-state index contributed by atoms with van der Waals surface area (Å²) in [7, 11) is 0. The SMILES string of the molecule is CC1(C)CCCOC1(C)Cl. The minimum atomic E-state index is -0.453. The minimum Gasteiger partial charge on any atom is -0.360 e. The first-order chi connectivity index (χ1) is 4.46. The molecule has 1 unspecified atom stereocenters. The molecule has 0 bridgehead atoms. The predicted molar refractivity (Wildman–Crippen MR) is 43.2 cm³/mol. The van der Waals surface area contributed by atoms with Gasteiger partial charge in [0, 0.05) is 12.0 Å². The third kappa shape index (κ3) is 1.30. The monoisotopic (exact) mass is 162 g/mol. The van der Waals surface area contributed by atoms with E-state index in [2.05, 4.69) is 13.8 Å². The lowest BCUT2D eigenvalue weighted by Crippen LogP contribution is -2.43. The molecule has 0 spiro atoms. The zero-order valence-corrected chi connectivity index (χ0v) is 7.66. The fourth-order valence-corrected chi connectivity index (χ4v) is 1.37. The highest BCUT2D eigenvalue weighted by molar-refractivity contribution is 6.23. The summed E-state index contributed by atoms with van der Waals surface area (Å²) in [4.78, 5) is 0. The summed E-state index contributed by atoms with van der Waals surface area (Å²) < 4.78 is 5.45. The smallest absolute Gasteiger partial charge is 0.144 e. The van der Waals surface area contributed by atoms with E-state index < -0.39 is 5.06 Å². The second kappa shape index (κ2) is 2.38. The predicted octanol–water partition coefficient (Wildman–Crippen LogP) is 2.78. The molecule has 1 fully saturated rings. The van der Waals surface area contributed by atoms with Crippen molar-refractivity contribution in [2.24, 2.45) is 5.41 Å². The number of ether oxygens (including phenoxy) is 1. The van der Waals surface area contributed by atoms with Crippen molar-refractivity contribution in [1.29, 1.82) is 0 Å². The third-order valence-electron chi connectivity index (χ3n) is 2.53. The van der Waals surface area contributed by atoms with E-state index >= 15 is 0 Å². The van der Waals surface area contributed by atoms with Crippen molar-refractivity contribution < 1.29 is 4.74 Å². The van der Waals surface area contributed by atoms with Gasteiger partial charge in [-0.2, -0.15) is 0 Å². The Morgan fingerprint density at radius 1 is 1.30 bits per heavy atom. The molecule has 0 radical (unpaired) electrons. The van der Waals surface area contributed by atoms with Crippen LogP contribution in [0.1, 0.15) is 33.6 Å². The molecule has 10 heavy (non-hydrogen) atoms. The average molecular weight is 163 g/mol. The molecule has 60 valence electrons. The first-order valence-electron chi connectivity index (χ1n) is 3.79. The Balaban J connectivity index is 2.70. The van der Waals surface area contributed by atoms with Crippen molar-refractivity contribution in [3.05, 3.63) is 0 Å². The molecule has 0 aromatic heterocycles. The van der Waals surface area contributed by atoms with Gasteiger partial charge in [-0.25, -0.2) is 0 Å². The van der Waals surface area contributed by atoms with Gasteiger partial charge in [0.05, 0.1) is 0 Å². The second-order valence-electron chi connectivity index (χ2n) is 3.75. The van der Waals surface area contributed by atoms with Crippen LogP contribution in [0.4, 0.5) is 0 Å². The molecule has 1 aliphatic heterocycles. The van der Waals surface area contributed by atoms with Crippen LogP contribution in [0.25, 0.3) is 0 Å². The van der Waals surface area contributed by atoms with E-state index in [1.54, 1.807) is 0 Å². The van der Waals surface area contributed by atoms with Crippen LogP contribution in [0.5, 0.6) is 0 Å². The fraction of sp³-hybridized carbons (Fsp3) is 1.00. The summed E-state index contributed by atoms with van der Waals surface area (Å²) in [6.07, 6.45) is 2.29. The first kappa shape index (κ1) is 8.35. The molecule has 1 atom stereocenters. The third-order valence-corrected chi connectivity index (χ3v) is 3.15. The van der Waals surface area contributed by atoms with Crippen LogP contribution in [0, 0.1) is 5.41 Å². The van der Waals surface area contributed by atoms with Crippen molar-refractivity contribution >= 4 is 11.6 Å². The van der Waals surface area contributed by atoms with Gasteiger partial charge < -0.3 is 4.74 Å². The van der Waals surface area contributed by atoms with Crippen LogP contribution in [-0.4, -0.2) is 11.7 Å². The van der Waals surface area contributed by atoms with E-state index in [1.807, 2.05) is 6.92 Å². The number of alkyl halides is 1. The summed E-state index contributed by atoms with van der Waals surface area (Å²) >= 11 is 6.14. The lowest BCUT2D eigenvalue weighted by molar-refractivity contribution is -0.0879. The molecule has 0 aliphatic carbocycles. The Morgan fingerprint density at radius 2 is 1.90 bits per heavy atom. The van der Waals surface area contributed by atoms with Gasteiger partial charge in [-0.1, -0.05) is 25.4 Å². The van der Waals surface area contributed by atoms with Crippen LogP contribution < -0.4 is 0 Å². The molecule has 0 N–H and O–H groups in total. The van der Waals surface area contributed by atoms with Gasteiger partial charge in [-0.3, -0.25) is 0 Å². The molecule has 0 aromatic rings. The van der Waals surface area contributed by atoms with Crippen molar-refractivity contribution in [2.75, 3.05) is 6.61 Å². The molecule has 1 heterocycles. The minimum absolute atomic E-state index is 0.118. The highest BCUT2D eigenvalue weighted by Gasteiger charge is 2.42. The average Bonchev–Trinajstić information content (AvgIpc) is 1.77. The van der Waals surface area contributed by atoms with Crippen molar-refractivity contribution in [3.63, 3.8) is 0 Å². The van der Waals surface area contributed by atoms with E-state index in [0.717, 1.165) is 19.4 Å². The van der Waals surface area contributed by atoms with E-state index in [4.69, 9.17) is 16.3 Å². The molecule has 1 rings (SSSR count). The van der Waals surface area contributed by atoms with Crippen molar-refractivity contribution in [3.8, 4) is 0 Å². The van der Waals surface area contributed by atoms with E-state index in [9.17, 15) is 0 Å². The van der Waals surface area contributed by atoms with Crippen molar-refractivity contribution in [2.45, 2.75) is 38.7 Å². The number of hydrogen-bond donors (Lipinski definition) is 0. The van der Waals surface area contributed by atoms with Gasteiger partial charge >= 0.3 is 0 Å². The number of rotatable bonds is 0. The molecular formula is C8H15ClO. The van der Waals surface area contributed by atoms with Crippen LogP contribution in [0.15, 0.2) is 0 Å². The van der Waals surface area contributed by atoms with E-state index in [-0.39, 0.29) is 5.41 Å². The van der Waals surface area contributed by atoms with E-state index in [0.29, 0.717) is 0 Å². The fourth-order valence-electron chi connectivity index (χ4n) is 1.20. The van der Waals surface area contributed by atoms with Gasteiger partial charge in [0.2, 0.25) is 0 Å². The van der Waals surface area contributed by atoms with Crippen LogP contribution in [0.2, 0.25) is 0 Å². The Morgan fingerprint density at radius 3 is 2.20 bits per heavy atom. The van der Waals surface area contributed by atoms with E-state index in [1.165, 1.54) is 0 Å². The van der Waals surface area contributed by atoms with Gasteiger partial charge in [0.25, 0.3) is 0 Å². The zero-order valence-electron chi connectivity index (χ0n) is 6.91. The Hall–Kier alpha value is 0.250. The van der Waals surface area contributed by atoms with Gasteiger partial charge in [0.1, 0.15) is 5.06 Å². The normalized spacial score (nSPS) is 39.6. The van der Waals surface area contributed by atoms with Crippen LogP contribution in [-0.2, 0) is 4.74 Å². The summed E-state index contributed by atoms with van der Waals surface area (Å²) in [5.41, 5.74) is 0.118. The second-order valence-corrected chi connectivity index (χ2v) is 4.47. The first-order valence-corrected chi connectivity index (χ1v) is 4.16. The topological polar surface area (TPSA) is 9.23 Å². The number of halogens is 1. The van der Waals surface area contributed by atoms with Crippen LogP contribution >= 0.6 is 11.6 Å². The van der Waals surface area contributed by atoms with Gasteiger partial charge in [-0.05, 0) is 19.8 Å². The largest absolute Gasteiger partial charge is 0.360 e. The maximum atomic E-state index is 6.14. The lowest BCUT2D eigenvalue weighted by atomic mass is 9.80. The quantitative estimate of drug-likeness (QED) is 0.498. The molecule has 1 aliphatic rings. The lowest BCUT2D eigenvalue weighted by Gasteiger charge is -2.43. The van der Waals surface area contributed by atoms with Crippen LogP contribution in [0.3, 0.4) is 0 Å². The van der Waals surface area contributed by atoms with Crippen molar-refractivity contribution in [1.82, 2.24) is 0 Å². The summed E-state index contributed by atoms with van der Waals surface area (Å²) in [5.74, 6) is 0. The molecular weight excluding hydrogens is 148 g/mol.